The van der Waals surface area contributed by atoms with Crippen LogP contribution in [-0.4, -0.2) is 76.7 Å². The number of benzene rings is 1. The Hall–Kier alpha value is -1.35. The van der Waals surface area contributed by atoms with Crippen molar-refractivity contribution < 1.29 is 13.2 Å². The lowest BCUT2D eigenvalue weighted by atomic mass is 10.0. The zero-order valence-corrected chi connectivity index (χ0v) is 19.1. The van der Waals surface area contributed by atoms with Crippen molar-refractivity contribution in [3.8, 4) is 0 Å². The van der Waals surface area contributed by atoms with Gasteiger partial charge in [0, 0.05) is 37.0 Å². The third-order valence-corrected chi connectivity index (χ3v) is 6.00. The Morgan fingerprint density at radius 3 is 2.69 bits per heavy atom. The van der Waals surface area contributed by atoms with Gasteiger partial charge in [-0.1, -0.05) is 23.7 Å². The van der Waals surface area contributed by atoms with E-state index >= 15 is 0 Å². The van der Waals surface area contributed by atoms with E-state index in [9.17, 15) is 8.42 Å². The van der Waals surface area contributed by atoms with Gasteiger partial charge in [-0.15, -0.1) is 0 Å². The predicted octanol–water partition coefficient (Wildman–Crippen LogP) is 2.09. The number of nitrogens with zero attached hydrogens (tertiary/aromatic N) is 2. The van der Waals surface area contributed by atoms with E-state index in [4.69, 9.17) is 21.3 Å². The van der Waals surface area contributed by atoms with Crippen molar-refractivity contribution in [2.45, 2.75) is 32.4 Å². The summed E-state index contributed by atoms with van der Waals surface area (Å²) in [5, 5.41) is 7.28. The fourth-order valence-corrected chi connectivity index (χ4v) is 4.21. The Balaban J connectivity index is 2.11. The zero-order chi connectivity index (χ0) is 21.3. The van der Waals surface area contributed by atoms with E-state index in [-0.39, 0.29) is 17.8 Å². The lowest BCUT2D eigenvalue weighted by Gasteiger charge is -2.34. The van der Waals surface area contributed by atoms with Crippen molar-refractivity contribution in [3.05, 3.63) is 34.9 Å². The molecule has 2 N–H and O–H groups in total. The van der Waals surface area contributed by atoms with Gasteiger partial charge < -0.3 is 15.4 Å². The summed E-state index contributed by atoms with van der Waals surface area (Å²) >= 11 is 6.23. The summed E-state index contributed by atoms with van der Waals surface area (Å²) in [5.74, 6) is 0.841. The second kappa shape index (κ2) is 11.7. The van der Waals surface area contributed by atoms with Crippen LogP contribution in [0.25, 0.3) is 0 Å². The van der Waals surface area contributed by atoms with Crippen LogP contribution in [-0.2, 0) is 14.6 Å². The molecular weight excluding hydrogens is 412 g/mol. The van der Waals surface area contributed by atoms with E-state index in [1.165, 1.54) is 6.26 Å². The molecule has 1 aliphatic rings. The van der Waals surface area contributed by atoms with Gasteiger partial charge in [0.2, 0.25) is 0 Å². The Morgan fingerprint density at radius 2 is 2.07 bits per heavy atom. The molecule has 0 aliphatic carbocycles. The maximum Gasteiger partial charge on any atom is 0.191 e. The number of halogens is 1. The van der Waals surface area contributed by atoms with Gasteiger partial charge in [-0.05, 0) is 38.0 Å². The standard InChI is InChI=1S/C20H33ClN4O3S/c1-4-22-20(24-16(2)8-13-29(3,26)27)23-15-19(25-9-11-28-12-10-25)17-6-5-7-18(21)14-17/h5-7,14,16,19H,4,8-13,15H2,1-3H3,(H2,22,23,24). The van der Waals surface area contributed by atoms with Crippen LogP contribution in [0.5, 0.6) is 0 Å². The molecule has 1 aromatic carbocycles. The lowest BCUT2D eigenvalue weighted by Crippen LogP contribution is -2.44. The molecule has 0 bridgehead atoms. The van der Waals surface area contributed by atoms with Crippen LogP contribution in [0.1, 0.15) is 31.9 Å². The van der Waals surface area contributed by atoms with Crippen LogP contribution >= 0.6 is 11.6 Å². The molecule has 2 unspecified atom stereocenters. The highest BCUT2D eigenvalue weighted by Gasteiger charge is 2.23. The molecule has 2 rings (SSSR count). The van der Waals surface area contributed by atoms with E-state index in [2.05, 4.69) is 21.6 Å². The summed E-state index contributed by atoms with van der Waals surface area (Å²) in [5.41, 5.74) is 1.13. The summed E-state index contributed by atoms with van der Waals surface area (Å²) in [6.45, 7) is 8.38. The lowest BCUT2D eigenvalue weighted by molar-refractivity contribution is 0.0179. The Morgan fingerprint density at radius 1 is 1.34 bits per heavy atom. The van der Waals surface area contributed by atoms with Gasteiger partial charge in [0.05, 0.1) is 31.6 Å². The quantitative estimate of drug-likeness (QED) is 0.448. The van der Waals surface area contributed by atoms with Crippen LogP contribution in [0, 0.1) is 0 Å². The van der Waals surface area contributed by atoms with Gasteiger partial charge >= 0.3 is 0 Å². The summed E-state index contributed by atoms with van der Waals surface area (Å²) in [6, 6.07) is 8.00. The second-order valence-electron chi connectivity index (χ2n) is 7.40. The number of hydrogen-bond donors (Lipinski definition) is 2. The summed E-state index contributed by atoms with van der Waals surface area (Å²) in [7, 11) is -2.98. The molecule has 29 heavy (non-hydrogen) atoms. The van der Waals surface area contributed by atoms with Gasteiger partial charge in [-0.25, -0.2) is 8.42 Å². The van der Waals surface area contributed by atoms with E-state index < -0.39 is 9.84 Å². The third-order valence-electron chi connectivity index (χ3n) is 4.79. The molecule has 0 radical (unpaired) electrons. The second-order valence-corrected chi connectivity index (χ2v) is 10.1. The molecule has 0 spiro atoms. The van der Waals surface area contributed by atoms with Crippen LogP contribution in [0.15, 0.2) is 29.3 Å². The van der Waals surface area contributed by atoms with Crippen molar-refractivity contribution in [3.63, 3.8) is 0 Å². The number of nitrogens with one attached hydrogen (secondary N) is 2. The van der Waals surface area contributed by atoms with Gasteiger partial charge in [0.25, 0.3) is 0 Å². The minimum absolute atomic E-state index is 0.00414. The fraction of sp³-hybridized carbons (Fsp3) is 0.650. The minimum Gasteiger partial charge on any atom is -0.379 e. The van der Waals surface area contributed by atoms with Crippen LogP contribution in [0.2, 0.25) is 5.02 Å². The Labute approximate surface area is 179 Å². The largest absolute Gasteiger partial charge is 0.379 e. The SMILES string of the molecule is CCNC(=NCC(c1cccc(Cl)c1)N1CCOCC1)NC(C)CCS(C)(=O)=O. The molecular formula is C20H33ClN4O3S. The molecule has 9 heteroatoms. The van der Waals surface area contributed by atoms with Gasteiger partial charge in [-0.3, -0.25) is 9.89 Å². The molecule has 164 valence electrons. The van der Waals surface area contributed by atoms with Crippen molar-refractivity contribution in [2.75, 3.05) is 51.4 Å². The monoisotopic (exact) mass is 444 g/mol. The number of rotatable bonds is 9. The zero-order valence-electron chi connectivity index (χ0n) is 17.5. The number of guanidine groups is 1. The van der Waals surface area contributed by atoms with Crippen molar-refractivity contribution in [2.24, 2.45) is 4.99 Å². The van der Waals surface area contributed by atoms with Crippen molar-refractivity contribution >= 4 is 27.4 Å². The number of hydrogen-bond acceptors (Lipinski definition) is 5. The van der Waals surface area contributed by atoms with E-state index in [0.717, 1.165) is 25.2 Å². The van der Waals surface area contributed by atoms with E-state index in [0.29, 0.717) is 37.2 Å². The van der Waals surface area contributed by atoms with Gasteiger partial charge in [0.15, 0.2) is 5.96 Å². The summed E-state index contributed by atoms with van der Waals surface area (Å²) < 4.78 is 28.3. The first kappa shape index (κ1) is 23.9. The Kier molecular flexibility index (Phi) is 9.68. The number of sulfone groups is 1. The van der Waals surface area contributed by atoms with Gasteiger partial charge in [-0.2, -0.15) is 0 Å². The smallest absolute Gasteiger partial charge is 0.191 e. The molecule has 1 aromatic rings. The molecule has 2 atom stereocenters. The normalized spacial score (nSPS) is 18.3. The first-order valence-electron chi connectivity index (χ1n) is 10.1. The molecule has 0 amide bonds. The highest BCUT2D eigenvalue weighted by Crippen LogP contribution is 2.24. The predicted molar refractivity (Wildman–Crippen MR) is 119 cm³/mol. The van der Waals surface area contributed by atoms with Crippen molar-refractivity contribution in [1.82, 2.24) is 15.5 Å². The maximum atomic E-state index is 11.4. The molecule has 1 aliphatic heterocycles. The van der Waals surface area contributed by atoms with Gasteiger partial charge in [0.1, 0.15) is 9.84 Å². The highest BCUT2D eigenvalue weighted by molar-refractivity contribution is 7.90. The number of aliphatic imine (C=N–C) groups is 1. The highest BCUT2D eigenvalue weighted by atomic mass is 35.5. The molecule has 0 saturated carbocycles. The number of morpholine rings is 1. The fourth-order valence-electron chi connectivity index (χ4n) is 3.23. The van der Waals surface area contributed by atoms with E-state index in [1.807, 2.05) is 32.0 Å². The van der Waals surface area contributed by atoms with Crippen LogP contribution in [0.4, 0.5) is 0 Å². The number of ether oxygens (including phenoxy) is 1. The molecule has 1 saturated heterocycles. The minimum atomic E-state index is -2.98. The molecule has 7 nitrogen and oxygen atoms in total. The topological polar surface area (TPSA) is 83.0 Å². The molecule has 0 aromatic heterocycles. The van der Waals surface area contributed by atoms with Crippen molar-refractivity contribution in [1.29, 1.82) is 0 Å². The summed E-state index contributed by atoms with van der Waals surface area (Å²) in [4.78, 5) is 7.17. The first-order chi connectivity index (χ1) is 13.8. The van der Waals surface area contributed by atoms with E-state index in [1.54, 1.807) is 0 Å². The molecule has 1 fully saturated rings. The average Bonchev–Trinajstić information content (AvgIpc) is 2.67. The summed E-state index contributed by atoms with van der Waals surface area (Å²) in [6.07, 6.45) is 1.79. The first-order valence-corrected chi connectivity index (χ1v) is 12.5. The third kappa shape index (κ3) is 8.90. The maximum absolute atomic E-state index is 11.4. The van der Waals surface area contributed by atoms with Crippen LogP contribution < -0.4 is 10.6 Å². The molecule has 1 heterocycles. The van der Waals surface area contributed by atoms with Crippen LogP contribution in [0.3, 0.4) is 0 Å². The Bertz CT molecular complexity index is 767. The average molecular weight is 445 g/mol.